The summed E-state index contributed by atoms with van der Waals surface area (Å²) in [5.74, 6) is -0.215. The molecule has 0 fully saturated rings. The van der Waals surface area contributed by atoms with E-state index in [-0.39, 0.29) is 17.5 Å². The predicted molar refractivity (Wildman–Crippen MR) is 68.5 cm³/mol. The molecule has 2 nitrogen and oxygen atoms in total. The molecule has 1 rings (SSSR count). The molecule has 0 aliphatic rings. The number of aliphatic hydroxyl groups is 1. The van der Waals surface area contributed by atoms with Crippen LogP contribution in [0.15, 0.2) is 18.2 Å². The summed E-state index contributed by atoms with van der Waals surface area (Å²) in [7, 11) is 0. The molecule has 1 unspecified atom stereocenters. The fraction of sp³-hybridized carbons (Fsp3) is 0.538. The van der Waals surface area contributed by atoms with E-state index in [1.54, 1.807) is 6.07 Å². The zero-order valence-corrected chi connectivity index (χ0v) is 11.0. The van der Waals surface area contributed by atoms with Gasteiger partial charge in [0.1, 0.15) is 5.82 Å². The van der Waals surface area contributed by atoms with E-state index in [0.29, 0.717) is 13.0 Å². The Morgan fingerprint density at radius 3 is 2.53 bits per heavy atom. The lowest BCUT2D eigenvalue weighted by Crippen LogP contribution is -2.41. The number of aliphatic hydroxyl groups excluding tert-OH is 1. The number of hydrogen-bond donors (Lipinski definition) is 2. The molecule has 0 aliphatic heterocycles. The number of benzene rings is 1. The number of rotatable bonds is 5. The fourth-order valence-electron chi connectivity index (χ4n) is 1.87. The van der Waals surface area contributed by atoms with Gasteiger partial charge in [-0.3, -0.25) is 0 Å². The van der Waals surface area contributed by atoms with Gasteiger partial charge in [-0.05, 0) is 30.0 Å². The molecule has 0 aromatic heterocycles. The summed E-state index contributed by atoms with van der Waals surface area (Å²) in [6.45, 7) is 4.38. The molecule has 4 heteroatoms. The molecule has 0 radical (unpaired) electrons. The highest BCUT2D eigenvalue weighted by Gasteiger charge is 2.32. The predicted octanol–water partition coefficient (Wildman–Crippen LogP) is 2.62. The van der Waals surface area contributed by atoms with E-state index in [1.165, 1.54) is 12.1 Å². The topological polar surface area (TPSA) is 46.2 Å². The number of nitrogens with two attached hydrogens (primary N) is 1. The highest BCUT2D eigenvalue weighted by Crippen LogP contribution is 2.31. The van der Waals surface area contributed by atoms with E-state index >= 15 is 0 Å². The third-order valence-electron chi connectivity index (χ3n) is 3.49. The first-order valence-corrected chi connectivity index (χ1v) is 6.08. The van der Waals surface area contributed by atoms with Crippen molar-refractivity contribution in [1.82, 2.24) is 0 Å². The largest absolute Gasteiger partial charge is 0.396 e. The average molecular weight is 260 g/mol. The van der Waals surface area contributed by atoms with Crippen LogP contribution in [-0.4, -0.2) is 18.3 Å². The van der Waals surface area contributed by atoms with Crippen molar-refractivity contribution in [2.75, 3.05) is 13.2 Å². The maximum Gasteiger partial charge on any atom is 0.142 e. The van der Waals surface area contributed by atoms with Crippen molar-refractivity contribution < 1.29 is 9.50 Å². The van der Waals surface area contributed by atoms with Gasteiger partial charge >= 0.3 is 0 Å². The van der Waals surface area contributed by atoms with E-state index in [0.717, 1.165) is 5.56 Å². The van der Waals surface area contributed by atoms with Crippen LogP contribution in [0.3, 0.4) is 0 Å². The highest BCUT2D eigenvalue weighted by molar-refractivity contribution is 6.30. The Balaban J connectivity index is 2.97. The second-order valence-corrected chi connectivity index (χ2v) is 5.21. The van der Waals surface area contributed by atoms with Crippen molar-refractivity contribution in [2.45, 2.75) is 20.3 Å². The van der Waals surface area contributed by atoms with Gasteiger partial charge in [0.2, 0.25) is 0 Å². The Morgan fingerprint density at radius 1 is 1.47 bits per heavy atom. The second-order valence-electron chi connectivity index (χ2n) is 4.80. The minimum atomic E-state index is -0.434. The minimum Gasteiger partial charge on any atom is -0.396 e. The molecule has 0 saturated heterocycles. The maximum absolute atomic E-state index is 13.3. The summed E-state index contributed by atoms with van der Waals surface area (Å²) in [5, 5.41) is 9.64. The van der Waals surface area contributed by atoms with Crippen LogP contribution >= 0.6 is 11.6 Å². The van der Waals surface area contributed by atoms with Crippen LogP contribution in [0.2, 0.25) is 5.02 Å². The molecule has 0 spiro atoms. The summed E-state index contributed by atoms with van der Waals surface area (Å²) in [4.78, 5) is 0. The molecule has 0 heterocycles. The van der Waals surface area contributed by atoms with Crippen LogP contribution < -0.4 is 5.73 Å². The van der Waals surface area contributed by atoms with E-state index in [9.17, 15) is 9.50 Å². The summed E-state index contributed by atoms with van der Waals surface area (Å²) >= 11 is 5.63. The standard InChI is InChI=1S/C13H19ClFNO/c1-9(2)13(7-16,8-17)6-10-3-4-11(14)12(15)5-10/h3-5,9,17H,6-8,16H2,1-2H3. The molecule has 1 atom stereocenters. The van der Waals surface area contributed by atoms with Crippen molar-refractivity contribution in [3.8, 4) is 0 Å². The van der Waals surface area contributed by atoms with Gasteiger partial charge in [0, 0.05) is 12.0 Å². The van der Waals surface area contributed by atoms with Crippen molar-refractivity contribution in [3.63, 3.8) is 0 Å². The molecule has 0 amide bonds. The van der Waals surface area contributed by atoms with E-state index < -0.39 is 11.2 Å². The number of hydrogen-bond acceptors (Lipinski definition) is 2. The van der Waals surface area contributed by atoms with Crippen molar-refractivity contribution >= 4 is 11.6 Å². The molecule has 1 aromatic rings. The quantitative estimate of drug-likeness (QED) is 0.854. The summed E-state index contributed by atoms with van der Waals surface area (Å²) in [6, 6.07) is 4.71. The Morgan fingerprint density at radius 2 is 2.12 bits per heavy atom. The lowest BCUT2D eigenvalue weighted by molar-refractivity contribution is 0.0842. The molecular weight excluding hydrogens is 241 g/mol. The molecule has 96 valence electrons. The molecular formula is C13H19ClFNO. The third kappa shape index (κ3) is 3.18. The zero-order chi connectivity index (χ0) is 13.1. The van der Waals surface area contributed by atoms with Crippen molar-refractivity contribution in [3.05, 3.63) is 34.6 Å². The summed E-state index contributed by atoms with van der Waals surface area (Å²) in [5.41, 5.74) is 6.16. The normalized spacial score (nSPS) is 15.0. The number of halogens is 2. The van der Waals surface area contributed by atoms with Gasteiger partial charge in [0.05, 0.1) is 11.6 Å². The SMILES string of the molecule is CC(C)C(CN)(CO)Cc1ccc(Cl)c(F)c1. The Bertz CT molecular complexity index is 378. The molecule has 0 saturated carbocycles. The van der Waals surface area contributed by atoms with Crippen LogP contribution in [0.4, 0.5) is 4.39 Å². The Kier molecular flexibility index (Phi) is 4.92. The van der Waals surface area contributed by atoms with E-state index in [4.69, 9.17) is 17.3 Å². The second kappa shape index (κ2) is 5.80. The van der Waals surface area contributed by atoms with Gasteiger partial charge in [-0.2, -0.15) is 0 Å². The van der Waals surface area contributed by atoms with Crippen LogP contribution in [0.25, 0.3) is 0 Å². The molecule has 0 aliphatic carbocycles. The summed E-state index contributed by atoms with van der Waals surface area (Å²) < 4.78 is 13.3. The minimum absolute atomic E-state index is 0.00852. The lowest BCUT2D eigenvalue weighted by Gasteiger charge is -2.34. The first-order valence-electron chi connectivity index (χ1n) is 5.70. The zero-order valence-electron chi connectivity index (χ0n) is 10.2. The Labute approximate surface area is 107 Å². The van der Waals surface area contributed by atoms with E-state index in [2.05, 4.69) is 0 Å². The third-order valence-corrected chi connectivity index (χ3v) is 3.79. The van der Waals surface area contributed by atoms with Gasteiger partial charge in [0.25, 0.3) is 0 Å². The van der Waals surface area contributed by atoms with Gasteiger partial charge in [-0.25, -0.2) is 4.39 Å². The smallest absolute Gasteiger partial charge is 0.142 e. The van der Waals surface area contributed by atoms with Crippen LogP contribution in [0.5, 0.6) is 0 Å². The van der Waals surface area contributed by atoms with Gasteiger partial charge < -0.3 is 10.8 Å². The van der Waals surface area contributed by atoms with Gasteiger partial charge in [0.15, 0.2) is 0 Å². The molecule has 3 N–H and O–H groups in total. The monoisotopic (exact) mass is 259 g/mol. The van der Waals surface area contributed by atoms with Crippen LogP contribution in [0, 0.1) is 17.2 Å². The van der Waals surface area contributed by atoms with Gasteiger partial charge in [-0.1, -0.05) is 31.5 Å². The first kappa shape index (κ1) is 14.4. The van der Waals surface area contributed by atoms with E-state index in [1.807, 2.05) is 13.8 Å². The van der Waals surface area contributed by atoms with Gasteiger partial charge in [-0.15, -0.1) is 0 Å². The molecule has 17 heavy (non-hydrogen) atoms. The average Bonchev–Trinajstić information content (AvgIpc) is 2.30. The summed E-state index contributed by atoms with van der Waals surface area (Å²) in [6.07, 6.45) is 0.547. The Hall–Kier alpha value is -0.640. The van der Waals surface area contributed by atoms with Crippen molar-refractivity contribution in [2.24, 2.45) is 17.1 Å². The molecule has 1 aromatic carbocycles. The lowest BCUT2D eigenvalue weighted by atomic mass is 9.73. The van der Waals surface area contributed by atoms with Crippen molar-refractivity contribution in [1.29, 1.82) is 0 Å². The highest BCUT2D eigenvalue weighted by atomic mass is 35.5. The first-order chi connectivity index (χ1) is 7.95. The fourth-order valence-corrected chi connectivity index (χ4v) is 1.99. The maximum atomic E-state index is 13.3. The van der Waals surface area contributed by atoms with Crippen LogP contribution in [-0.2, 0) is 6.42 Å². The van der Waals surface area contributed by atoms with Crippen LogP contribution in [0.1, 0.15) is 19.4 Å². The molecule has 0 bridgehead atoms.